The highest BCUT2D eigenvalue weighted by Crippen LogP contribution is 2.29. The summed E-state index contributed by atoms with van der Waals surface area (Å²) in [6, 6.07) is 10.1. The Labute approximate surface area is 129 Å². The summed E-state index contributed by atoms with van der Waals surface area (Å²) in [5.74, 6) is 0.558. The van der Waals surface area contributed by atoms with Gasteiger partial charge >= 0.3 is 0 Å². The van der Waals surface area contributed by atoms with Gasteiger partial charge in [0.1, 0.15) is 18.2 Å². The van der Waals surface area contributed by atoms with Gasteiger partial charge in [-0.15, -0.1) is 11.6 Å². The predicted octanol–water partition coefficient (Wildman–Crippen LogP) is 5.56. The van der Waals surface area contributed by atoms with Crippen LogP contribution in [-0.4, -0.2) is 0 Å². The van der Waals surface area contributed by atoms with Crippen molar-refractivity contribution in [3.05, 3.63) is 62.8 Å². The van der Waals surface area contributed by atoms with Crippen molar-refractivity contribution < 1.29 is 9.13 Å². The van der Waals surface area contributed by atoms with Crippen molar-refractivity contribution >= 4 is 39.1 Å². The summed E-state index contributed by atoms with van der Waals surface area (Å²) in [7, 11) is 0. The van der Waals surface area contributed by atoms with Crippen LogP contribution in [0.3, 0.4) is 0 Å². The largest absolute Gasteiger partial charge is 0.488 e. The van der Waals surface area contributed by atoms with Crippen molar-refractivity contribution in [1.82, 2.24) is 0 Å². The van der Waals surface area contributed by atoms with Crippen LogP contribution in [-0.2, 0) is 12.5 Å². The lowest BCUT2D eigenvalue weighted by Gasteiger charge is -2.12. The van der Waals surface area contributed by atoms with Gasteiger partial charge in [0, 0.05) is 16.1 Å². The zero-order valence-corrected chi connectivity index (χ0v) is 12.9. The molecule has 0 saturated heterocycles. The van der Waals surface area contributed by atoms with Crippen LogP contribution in [0.15, 0.2) is 40.9 Å². The van der Waals surface area contributed by atoms with E-state index < -0.39 is 0 Å². The van der Waals surface area contributed by atoms with Crippen molar-refractivity contribution in [2.24, 2.45) is 0 Å². The first-order chi connectivity index (χ1) is 9.13. The fourth-order valence-corrected chi connectivity index (χ4v) is 2.57. The van der Waals surface area contributed by atoms with E-state index in [9.17, 15) is 4.39 Å². The van der Waals surface area contributed by atoms with Gasteiger partial charge in [0.15, 0.2) is 0 Å². The van der Waals surface area contributed by atoms with Crippen LogP contribution in [0, 0.1) is 5.82 Å². The number of ether oxygens (including phenoxy) is 1. The second kappa shape index (κ2) is 6.60. The molecule has 0 atom stereocenters. The van der Waals surface area contributed by atoms with Gasteiger partial charge in [-0.2, -0.15) is 0 Å². The van der Waals surface area contributed by atoms with Crippen LogP contribution in [0.4, 0.5) is 4.39 Å². The summed E-state index contributed by atoms with van der Waals surface area (Å²) in [4.78, 5) is 0. The van der Waals surface area contributed by atoms with Crippen molar-refractivity contribution in [3.8, 4) is 5.75 Å². The monoisotopic (exact) mass is 362 g/mol. The Kier molecular flexibility index (Phi) is 5.08. The van der Waals surface area contributed by atoms with E-state index in [1.54, 1.807) is 30.3 Å². The van der Waals surface area contributed by atoms with E-state index in [4.69, 9.17) is 27.9 Å². The van der Waals surface area contributed by atoms with Gasteiger partial charge in [0.25, 0.3) is 0 Å². The smallest absolute Gasteiger partial charge is 0.137 e. The first-order valence-electron chi connectivity index (χ1n) is 5.52. The standard InChI is InChI=1S/C14H10BrCl2FO/c15-14-9(3-1-5-12(14)18)8-19-13-6-2-4-11(17)10(13)7-16/h1-6H,7-8H2. The third-order valence-electron chi connectivity index (χ3n) is 2.62. The molecule has 0 radical (unpaired) electrons. The molecule has 100 valence electrons. The fourth-order valence-electron chi connectivity index (χ4n) is 1.62. The van der Waals surface area contributed by atoms with Crippen molar-refractivity contribution in [3.63, 3.8) is 0 Å². The van der Waals surface area contributed by atoms with Gasteiger partial charge < -0.3 is 4.74 Å². The Hall–Kier alpha value is -0.770. The fraction of sp³-hybridized carbons (Fsp3) is 0.143. The maximum absolute atomic E-state index is 13.4. The molecule has 2 aromatic carbocycles. The maximum atomic E-state index is 13.4. The van der Waals surface area contributed by atoms with E-state index >= 15 is 0 Å². The minimum atomic E-state index is -0.315. The number of hydrogen-bond acceptors (Lipinski definition) is 1. The van der Waals surface area contributed by atoms with Crippen LogP contribution < -0.4 is 4.74 Å². The maximum Gasteiger partial charge on any atom is 0.137 e. The van der Waals surface area contributed by atoms with Gasteiger partial charge in [-0.3, -0.25) is 0 Å². The molecule has 2 aromatic rings. The molecular weight excluding hydrogens is 354 g/mol. The van der Waals surface area contributed by atoms with E-state index in [0.29, 0.717) is 15.2 Å². The SMILES string of the molecule is Fc1cccc(COc2cccc(Cl)c2CCl)c1Br. The molecule has 2 rings (SSSR count). The predicted molar refractivity (Wildman–Crippen MR) is 79.4 cm³/mol. The molecule has 5 heteroatoms. The van der Waals surface area contributed by atoms with Gasteiger partial charge in [0.2, 0.25) is 0 Å². The van der Waals surface area contributed by atoms with Crippen LogP contribution in [0.5, 0.6) is 5.75 Å². The topological polar surface area (TPSA) is 9.23 Å². The number of hydrogen-bond donors (Lipinski definition) is 0. The lowest BCUT2D eigenvalue weighted by Crippen LogP contribution is -2.00. The van der Waals surface area contributed by atoms with E-state index in [1.165, 1.54) is 6.07 Å². The van der Waals surface area contributed by atoms with E-state index in [0.717, 1.165) is 11.1 Å². The third-order valence-corrected chi connectivity index (χ3v) is 4.13. The van der Waals surface area contributed by atoms with Gasteiger partial charge in [-0.1, -0.05) is 29.8 Å². The molecule has 0 spiro atoms. The highest BCUT2D eigenvalue weighted by Gasteiger charge is 2.09. The molecule has 0 aliphatic rings. The number of alkyl halides is 1. The first kappa shape index (κ1) is 14.6. The molecule has 0 saturated carbocycles. The van der Waals surface area contributed by atoms with Gasteiger partial charge in [-0.05, 0) is 34.1 Å². The number of benzene rings is 2. The van der Waals surface area contributed by atoms with Crippen molar-refractivity contribution in [1.29, 1.82) is 0 Å². The molecule has 0 N–H and O–H groups in total. The summed E-state index contributed by atoms with van der Waals surface area (Å²) < 4.78 is 19.4. The zero-order chi connectivity index (χ0) is 13.8. The highest BCUT2D eigenvalue weighted by atomic mass is 79.9. The van der Waals surface area contributed by atoms with E-state index in [-0.39, 0.29) is 18.3 Å². The second-order valence-corrected chi connectivity index (χ2v) is 5.32. The molecule has 0 amide bonds. The lowest BCUT2D eigenvalue weighted by molar-refractivity contribution is 0.302. The Bertz CT molecular complexity index is 590. The molecule has 0 aliphatic carbocycles. The quantitative estimate of drug-likeness (QED) is 0.646. The first-order valence-corrected chi connectivity index (χ1v) is 7.23. The van der Waals surface area contributed by atoms with Gasteiger partial charge in [-0.25, -0.2) is 4.39 Å². The molecular formula is C14H10BrCl2FO. The molecule has 0 bridgehead atoms. The average molecular weight is 364 g/mol. The molecule has 0 aromatic heterocycles. The normalized spacial score (nSPS) is 10.5. The van der Waals surface area contributed by atoms with Crippen molar-refractivity contribution in [2.75, 3.05) is 0 Å². The summed E-state index contributed by atoms with van der Waals surface area (Å²) in [6.07, 6.45) is 0. The summed E-state index contributed by atoms with van der Waals surface area (Å²) in [6.45, 7) is 0.239. The number of rotatable bonds is 4. The van der Waals surface area contributed by atoms with E-state index in [2.05, 4.69) is 15.9 Å². The molecule has 0 aliphatic heterocycles. The Morgan fingerprint density at radius 1 is 1.16 bits per heavy atom. The number of halogens is 4. The second-order valence-electron chi connectivity index (χ2n) is 3.85. The van der Waals surface area contributed by atoms with Gasteiger partial charge in [0.05, 0.1) is 10.4 Å². The Morgan fingerprint density at radius 3 is 2.63 bits per heavy atom. The minimum Gasteiger partial charge on any atom is -0.488 e. The molecule has 19 heavy (non-hydrogen) atoms. The summed E-state index contributed by atoms with van der Waals surface area (Å²) in [5.41, 5.74) is 1.46. The Morgan fingerprint density at radius 2 is 1.89 bits per heavy atom. The van der Waals surface area contributed by atoms with Crippen LogP contribution in [0.25, 0.3) is 0 Å². The summed E-state index contributed by atoms with van der Waals surface area (Å²) >= 11 is 15.1. The lowest BCUT2D eigenvalue weighted by atomic mass is 10.2. The third kappa shape index (κ3) is 3.41. The van der Waals surface area contributed by atoms with Crippen LogP contribution in [0.1, 0.15) is 11.1 Å². The summed E-state index contributed by atoms with van der Waals surface area (Å²) in [5, 5.41) is 0.561. The zero-order valence-electron chi connectivity index (χ0n) is 9.80. The molecule has 1 nitrogen and oxygen atoms in total. The molecule has 0 fully saturated rings. The Balaban J connectivity index is 2.19. The highest BCUT2D eigenvalue weighted by molar-refractivity contribution is 9.10. The van der Waals surface area contributed by atoms with Crippen LogP contribution in [0.2, 0.25) is 5.02 Å². The molecule has 0 heterocycles. The molecule has 0 unspecified atom stereocenters. The average Bonchev–Trinajstić information content (AvgIpc) is 2.40. The van der Waals surface area contributed by atoms with E-state index in [1.807, 2.05) is 0 Å². The van der Waals surface area contributed by atoms with Crippen LogP contribution >= 0.6 is 39.1 Å². The minimum absolute atomic E-state index is 0.239. The van der Waals surface area contributed by atoms with Crippen molar-refractivity contribution in [2.45, 2.75) is 12.5 Å².